The Morgan fingerprint density at radius 2 is 2.11 bits per heavy atom. The van der Waals surface area contributed by atoms with E-state index in [9.17, 15) is 4.79 Å². The van der Waals surface area contributed by atoms with Crippen molar-refractivity contribution in [2.24, 2.45) is 0 Å². The average Bonchev–Trinajstić information content (AvgIpc) is 2.53. The summed E-state index contributed by atoms with van der Waals surface area (Å²) in [6.07, 6.45) is 0.394. The Morgan fingerprint density at radius 1 is 1.39 bits per heavy atom. The van der Waals surface area contributed by atoms with E-state index >= 15 is 0 Å². The van der Waals surface area contributed by atoms with Gasteiger partial charge in [0.1, 0.15) is 5.82 Å². The van der Waals surface area contributed by atoms with Gasteiger partial charge in [0.05, 0.1) is 17.5 Å². The maximum absolute atomic E-state index is 11.8. The van der Waals surface area contributed by atoms with Gasteiger partial charge in [-0.25, -0.2) is 4.98 Å². The molecule has 0 unspecified atom stereocenters. The Bertz CT molecular complexity index is 578. The number of carbonyl (C=O) groups is 1. The van der Waals surface area contributed by atoms with Crippen molar-refractivity contribution in [1.82, 2.24) is 15.3 Å². The second-order valence-electron chi connectivity index (χ2n) is 5.65. The number of hydrogen-bond donors (Lipinski definition) is 2. The fourth-order valence-electron chi connectivity index (χ4n) is 1.94. The Kier molecular flexibility index (Phi) is 3.11. The number of benzene rings is 1. The molecule has 0 aliphatic rings. The van der Waals surface area contributed by atoms with Crippen molar-refractivity contribution >= 4 is 16.9 Å². The Hall–Kier alpha value is -1.84. The lowest BCUT2D eigenvalue weighted by molar-refractivity contribution is -0.121. The molecule has 0 fully saturated rings. The molecule has 4 nitrogen and oxygen atoms in total. The highest BCUT2D eigenvalue weighted by Crippen LogP contribution is 2.14. The minimum absolute atomic E-state index is 0.0399. The van der Waals surface area contributed by atoms with Crippen molar-refractivity contribution in [3.8, 4) is 0 Å². The van der Waals surface area contributed by atoms with E-state index in [1.807, 2.05) is 45.9 Å². The summed E-state index contributed by atoms with van der Waals surface area (Å²) in [4.78, 5) is 19.3. The summed E-state index contributed by atoms with van der Waals surface area (Å²) in [5.74, 6) is 0.930. The van der Waals surface area contributed by atoms with Crippen LogP contribution in [0.4, 0.5) is 0 Å². The van der Waals surface area contributed by atoms with Crippen LogP contribution in [0.2, 0.25) is 0 Å². The Labute approximate surface area is 107 Å². The highest BCUT2D eigenvalue weighted by atomic mass is 16.1. The number of amides is 1. The zero-order chi connectivity index (χ0) is 13.3. The molecule has 1 amide bonds. The summed E-state index contributed by atoms with van der Waals surface area (Å²) < 4.78 is 0. The summed E-state index contributed by atoms with van der Waals surface area (Å²) in [5.41, 5.74) is 2.72. The number of H-pyrrole nitrogens is 1. The van der Waals surface area contributed by atoms with Crippen molar-refractivity contribution in [2.45, 2.75) is 39.7 Å². The molecule has 96 valence electrons. The van der Waals surface area contributed by atoms with E-state index in [-0.39, 0.29) is 11.4 Å². The van der Waals surface area contributed by atoms with E-state index in [1.54, 1.807) is 0 Å². The van der Waals surface area contributed by atoms with Gasteiger partial charge in [-0.15, -0.1) is 0 Å². The van der Waals surface area contributed by atoms with Crippen LogP contribution in [0, 0.1) is 6.92 Å². The fraction of sp³-hybridized carbons (Fsp3) is 0.429. The van der Waals surface area contributed by atoms with E-state index in [0.717, 1.165) is 22.4 Å². The molecule has 0 aliphatic heterocycles. The lowest BCUT2D eigenvalue weighted by Crippen LogP contribution is -2.41. The minimum atomic E-state index is -0.189. The van der Waals surface area contributed by atoms with Crippen LogP contribution in [0.15, 0.2) is 18.2 Å². The van der Waals surface area contributed by atoms with Crippen molar-refractivity contribution in [3.05, 3.63) is 29.6 Å². The normalized spacial score (nSPS) is 11.8. The summed E-state index contributed by atoms with van der Waals surface area (Å²) in [6.45, 7) is 7.86. The van der Waals surface area contributed by atoms with Crippen molar-refractivity contribution < 1.29 is 4.79 Å². The van der Waals surface area contributed by atoms with E-state index in [0.29, 0.717) is 6.42 Å². The predicted molar refractivity (Wildman–Crippen MR) is 72.4 cm³/mol. The van der Waals surface area contributed by atoms with Crippen LogP contribution in [-0.2, 0) is 11.2 Å². The first kappa shape index (κ1) is 12.6. The molecule has 1 aromatic carbocycles. The lowest BCUT2D eigenvalue weighted by atomic mass is 10.1. The predicted octanol–water partition coefficient (Wildman–Crippen LogP) is 2.33. The van der Waals surface area contributed by atoms with Crippen LogP contribution in [0.3, 0.4) is 0 Å². The Morgan fingerprint density at radius 3 is 2.78 bits per heavy atom. The first-order chi connectivity index (χ1) is 8.33. The SMILES string of the molecule is Cc1nc2ccc(CC(=O)NC(C)(C)C)cc2[nH]1. The number of hydrogen-bond acceptors (Lipinski definition) is 2. The maximum Gasteiger partial charge on any atom is 0.224 e. The topological polar surface area (TPSA) is 57.8 Å². The van der Waals surface area contributed by atoms with E-state index in [4.69, 9.17) is 0 Å². The van der Waals surface area contributed by atoms with Crippen LogP contribution < -0.4 is 5.32 Å². The molecule has 0 spiro atoms. The number of nitrogens with one attached hydrogen (secondary N) is 2. The number of aromatic nitrogens is 2. The van der Waals surface area contributed by atoms with Crippen molar-refractivity contribution in [3.63, 3.8) is 0 Å². The van der Waals surface area contributed by atoms with Gasteiger partial charge in [0.15, 0.2) is 0 Å². The van der Waals surface area contributed by atoms with Gasteiger partial charge in [-0.05, 0) is 45.4 Å². The second kappa shape index (κ2) is 4.44. The first-order valence-corrected chi connectivity index (χ1v) is 6.10. The van der Waals surface area contributed by atoms with Gasteiger partial charge in [-0.3, -0.25) is 4.79 Å². The number of imidazole rings is 1. The number of carbonyl (C=O) groups excluding carboxylic acids is 1. The zero-order valence-electron chi connectivity index (χ0n) is 11.3. The molecule has 0 saturated carbocycles. The van der Waals surface area contributed by atoms with Gasteiger partial charge < -0.3 is 10.3 Å². The van der Waals surface area contributed by atoms with Gasteiger partial charge in [-0.2, -0.15) is 0 Å². The van der Waals surface area contributed by atoms with Crippen LogP contribution >= 0.6 is 0 Å². The van der Waals surface area contributed by atoms with Crippen LogP contribution in [0.1, 0.15) is 32.2 Å². The van der Waals surface area contributed by atoms with Crippen LogP contribution in [0.5, 0.6) is 0 Å². The molecule has 2 rings (SSSR count). The largest absolute Gasteiger partial charge is 0.351 e. The minimum Gasteiger partial charge on any atom is -0.351 e. The summed E-state index contributed by atoms with van der Waals surface area (Å²) >= 11 is 0. The van der Waals surface area contributed by atoms with Crippen molar-refractivity contribution in [2.75, 3.05) is 0 Å². The Balaban J connectivity index is 2.14. The van der Waals surface area contributed by atoms with Crippen LogP contribution in [0.25, 0.3) is 11.0 Å². The number of rotatable bonds is 2. The molecule has 0 aliphatic carbocycles. The maximum atomic E-state index is 11.8. The fourth-order valence-corrected chi connectivity index (χ4v) is 1.94. The van der Waals surface area contributed by atoms with Crippen LogP contribution in [-0.4, -0.2) is 21.4 Å². The van der Waals surface area contributed by atoms with Gasteiger partial charge in [-0.1, -0.05) is 6.07 Å². The molecule has 4 heteroatoms. The number of aromatic amines is 1. The first-order valence-electron chi connectivity index (χ1n) is 6.10. The third kappa shape index (κ3) is 3.09. The highest BCUT2D eigenvalue weighted by molar-refractivity contribution is 5.82. The number of fused-ring (bicyclic) bond motifs is 1. The van der Waals surface area contributed by atoms with Gasteiger partial charge in [0, 0.05) is 5.54 Å². The monoisotopic (exact) mass is 245 g/mol. The van der Waals surface area contributed by atoms with E-state index < -0.39 is 0 Å². The third-order valence-electron chi connectivity index (χ3n) is 2.54. The molecule has 0 bridgehead atoms. The molecule has 0 atom stereocenters. The second-order valence-corrected chi connectivity index (χ2v) is 5.65. The summed E-state index contributed by atoms with van der Waals surface area (Å²) in [7, 11) is 0. The molecule has 1 heterocycles. The van der Waals surface area contributed by atoms with E-state index in [1.165, 1.54) is 0 Å². The molecular weight excluding hydrogens is 226 g/mol. The number of aryl methyl sites for hydroxylation is 1. The number of nitrogens with zero attached hydrogens (tertiary/aromatic N) is 1. The smallest absolute Gasteiger partial charge is 0.224 e. The lowest BCUT2D eigenvalue weighted by Gasteiger charge is -2.20. The quantitative estimate of drug-likeness (QED) is 0.853. The average molecular weight is 245 g/mol. The van der Waals surface area contributed by atoms with E-state index in [2.05, 4.69) is 15.3 Å². The van der Waals surface area contributed by atoms with Gasteiger partial charge in [0.2, 0.25) is 5.91 Å². The summed E-state index contributed by atoms with van der Waals surface area (Å²) in [5, 5.41) is 2.96. The molecule has 1 aromatic heterocycles. The summed E-state index contributed by atoms with van der Waals surface area (Å²) in [6, 6.07) is 5.88. The molecule has 0 saturated heterocycles. The molecule has 2 aromatic rings. The third-order valence-corrected chi connectivity index (χ3v) is 2.54. The molecular formula is C14H19N3O. The molecule has 2 N–H and O–H groups in total. The van der Waals surface area contributed by atoms with Gasteiger partial charge in [0.25, 0.3) is 0 Å². The zero-order valence-corrected chi connectivity index (χ0v) is 11.3. The highest BCUT2D eigenvalue weighted by Gasteiger charge is 2.14. The standard InChI is InChI=1S/C14H19N3O/c1-9-15-11-6-5-10(7-12(11)16-9)8-13(18)17-14(2,3)4/h5-7H,8H2,1-4H3,(H,15,16)(H,17,18). The van der Waals surface area contributed by atoms with Gasteiger partial charge >= 0.3 is 0 Å². The van der Waals surface area contributed by atoms with Crippen molar-refractivity contribution in [1.29, 1.82) is 0 Å². The molecule has 18 heavy (non-hydrogen) atoms. The molecule has 0 radical (unpaired) electrons.